The van der Waals surface area contributed by atoms with Gasteiger partial charge in [0.15, 0.2) is 0 Å². The lowest BCUT2D eigenvalue weighted by molar-refractivity contribution is -0.140. The van der Waals surface area contributed by atoms with E-state index in [-0.39, 0.29) is 48.9 Å². The molecule has 40 heavy (non-hydrogen) atoms. The largest absolute Gasteiger partial charge is 0.419 e. The van der Waals surface area contributed by atoms with E-state index in [0.29, 0.717) is 15.6 Å². The number of hydrogen-bond donors (Lipinski definition) is 2. The number of nitrogens with one attached hydrogen (secondary N) is 1. The Morgan fingerprint density at radius 1 is 1.18 bits per heavy atom. The average Bonchev–Trinajstić information content (AvgIpc) is 3.29. The van der Waals surface area contributed by atoms with Gasteiger partial charge in [-0.3, -0.25) is 14.5 Å². The molecule has 1 aliphatic rings. The number of rotatable bonds is 8. The van der Waals surface area contributed by atoms with E-state index in [1.165, 1.54) is 31.2 Å². The van der Waals surface area contributed by atoms with Crippen LogP contribution in [0.5, 0.6) is 0 Å². The van der Waals surface area contributed by atoms with Gasteiger partial charge in [0.05, 0.1) is 15.6 Å². The van der Waals surface area contributed by atoms with Crippen LogP contribution in [0.1, 0.15) is 29.5 Å². The first kappa shape index (κ1) is 31.2. The molecule has 2 aromatic carbocycles. The number of nitrogens with zero attached hydrogens (tertiary/aromatic N) is 2. The third-order valence-corrected chi connectivity index (χ3v) is 7.20. The number of alkyl halides is 3. The van der Waals surface area contributed by atoms with E-state index < -0.39 is 23.5 Å². The van der Waals surface area contributed by atoms with E-state index in [1.807, 2.05) is 4.90 Å². The maximum atomic E-state index is 14.2. The van der Waals surface area contributed by atoms with E-state index >= 15 is 0 Å². The Morgan fingerprint density at radius 2 is 1.88 bits per heavy atom. The zero-order valence-electron chi connectivity index (χ0n) is 21.7. The summed E-state index contributed by atoms with van der Waals surface area (Å²) in [7, 11) is 1.74. The Hall–Kier alpha value is -3.34. The third-order valence-electron chi connectivity index (χ3n) is 6.46. The predicted molar refractivity (Wildman–Crippen MR) is 147 cm³/mol. The first-order chi connectivity index (χ1) is 18.7. The molecule has 3 rings (SSSR count). The summed E-state index contributed by atoms with van der Waals surface area (Å²) >= 11 is 12.4. The van der Waals surface area contributed by atoms with E-state index in [4.69, 9.17) is 28.9 Å². The van der Waals surface area contributed by atoms with Gasteiger partial charge in [-0.1, -0.05) is 48.0 Å². The van der Waals surface area contributed by atoms with E-state index in [0.717, 1.165) is 17.7 Å². The Balaban J connectivity index is 1.93. The van der Waals surface area contributed by atoms with Gasteiger partial charge in [0.1, 0.15) is 11.6 Å². The second kappa shape index (κ2) is 12.9. The molecule has 1 saturated heterocycles. The van der Waals surface area contributed by atoms with Crippen molar-refractivity contribution in [1.82, 2.24) is 15.1 Å². The highest BCUT2D eigenvalue weighted by Gasteiger charge is 2.39. The zero-order chi connectivity index (χ0) is 29.8. The molecular formula is C28H28Cl2F4N4O2. The minimum absolute atomic E-state index is 0.0211. The number of halogens is 6. The highest BCUT2D eigenvalue weighted by molar-refractivity contribution is 6.42. The Kier molecular flexibility index (Phi) is 10.0. The summed E-state index contributed by atoms with van der Waals surface area (Å²) in [5, 5.41) is 3.10. The molecule has 1 heterocycles. The van der Waals surface area contributed by atoms with Crippen molar-refractivity contribution < 1.29 is 27.2 Å². The molecule has 3 N–H and O–H groups in total. The van der Waals surface area contributed by atoms with Crippen LogP contribution in [0.3, 0.4) is 0 Å². The number of likely N-dealkylation sites (tertiary alicyclic amines) is 1. The molecule has 0 spiro atoms. The number of amides is 2. The van der Waals surface area contributed by atoms with Gasteiger partial charge in [-0.15, -0.1) is 0 Å². The lowest BCUT2D eigenvalue weighted by atomic mass is 9.93. The topological polar surface area (TPSA) is 78.7 Å². The second-order valence-corrected chi connectivity index (χ2v) is 10.2. The maximum absolute atomic E-state index is 14.2. The average molecular weight is 599 g/mol. The number of hydrogen-bond acceptors (Lipinski definition) is 4. The fraction of sp³-hybridized carbons (Fsp3) is 0.286. The number of carbonyl (C=O) groups is 2. The molecule has 214 valence electrons. The summed E-state index contributed by atoms with van der Waals surface area (Å²) in [6, 6.07) is 7.63. The molecule has 2 atom stereocenters. The zero-order valence-corrected chi connectivity index (χ0v) is 23.2. The summed E-state index contributed by atoms with van der Waals surface area (Å²) in [5.41, 5.74) is 5.83. The summed E-state index contributed by atoms with van der Waals surface area (Å²) in [4.78, 5) is 28.3. The standard InChI is InChI=1S/C28H28Cl2F4N4O2/c1-4-5-19(12-26(35)36-16(2)39)27(40)38-14-20(18-7-9-22(29)23(30)11-18)25(15-38)37(3)13-17-6-8-21(24(31)10-17)28(32,33)34/h4-12,20,25H,1,13-15,35H2,2-3H3,(H,36,39)/b19-5+,26-12+/t20-,25+/m1/s1. The van der Waals surface area contributed by atoms with Crippen molar-refractivity contribution in [2.24, 2.45) is 5.73 Å². The summed E-state index contributed by atoms with van der Waals surface area (Å²) < 4.78 is 53.3. The van der Waals surface area contributed by atoms with Crippen molar-refractivity contribution in [1.29, 1.82) is 0 Å². The molecule has 6 nitrogen and oxygen atoms in total. The van der Waals surface area contributed by atoms with Crippen molar-refractivity contribution in [3.63, 3.8) is 0 Å². The van der Waals surface area contributed by atoms with Gasteiger partial charge in [0, 0.05) is 44.1 Å². The van der Waals surface area contributed by atoms with Crippen molar-refractivity contribution in [2.45, 2.75) is 31.6 Å². The summed E-state index contributed by atoms with van der Waals surface area (Å²) in [6.07, 6.45) is -0.580. The van der Waals surface area contributed by atoms with Crippen LogP contribution in [-0.4, -0.2) is 47.8 Å². The van der Waals surface area contributed by atoms with Gasteiger partial charge in [0.2, 0.25) is 5.91 Å². The first-order valence-electron chi connectivity index (χ1n) is 12.1. The molecule has 1 fully saturated rings. The molecule has 0 unspecified atom stereocenters. The van der Waals surface area contributed by atoms with Crippen LogP contribution in [0.4, 0.5) is 17.6 Å². The van der Waals surface area contributed by atoms with Gasteiger partial charge in [-0.05, 0) is 54.6 Å². The molecular weight excluding hydrogens is 571 g/mol. The predicted octanol–water partition coefficient (Wildman–Crippen LogP) is 5.63. The molecule has 0 bridgehead atoms. The Morgan fingerprint density at radius 3 is 2.45 bits per heavy atom. The normalized spacial score (nSPS) is 18.3. The number of nitrogens with two attached hydrogens (primary N) is 1. The van der Waals surface area contributed by atoms with Gasteiger partial charge in [-0.2, -0.15) is 13.2 Å². The number of allylic oxidation sites excluding steroid dienone is 2. The smallest absolute Gasteiger partial charge is 0.385 e. The molecule has 0 aromatic heterocycles. The van der Waals surface area contributed by atoms with E-state index in [2.05, 4.69) is 11.9 Å². The van der Waals surface area contributed by atoms with Crippen LogP contribution in [-0.2, 0) is 22.3 Å². The van der Waals surface area contributed by atoms with Crippen molar-refractivity contribution >= 4 is 35.0 Å². The number of likely N-dealkylation sites (N-methyl/N-ethyl adjacent to an activating group) is 1. The fourth-order valence-corrected chi connectivity index (χ4v) is 4.97. The molecule has 2 amide bonds. The quantitative estimate of drug-likeness (QED) is 0.235. The van der Waals surface area contributed by atoms with E-state index in [9.17, 15) is 27.2 Å². The van der Waals surface area contributed by atoms with Crippen LogP contribution >= 0.6 is 23.2 Å². The number of benzene rings is 2. The van der Waals surface area contributed by atoms with Crippen LogP contribution in [0, 0.1) is 5.82 Å². The highest BCUT2D eigenvalue weighted by Crippen LogP contribution is 2.36. The molecule has 2 aromatic rings. The minimum Gasteiger partial charge on any atom is -0.385 e. The lowest BCUT2D eigenvalue weighted by Crippen LogP contribution is -2.38. The molecule has 1 aliphatic heterocycles. The number of carbonyl (C=O) groups excluding carboxylic acids is 2. The van der Waals surface area contributed by atoms with Gasteiger partial charge in [0.25, 0.3) is 5.91 Å². The Labute approximate surface area is 239 Å². The van der Waals surface area contributed by atoms with Crippen molar-refractivity contribution in [3.8, 4) is 0 Å². The second-order valence-electron chi connectivity index (χ2n) is 9.42. The monoisotopic (exact) mass is 598 g/mol. The minimum atomic E-state index is -4.80. The molecule has 0 saturated carbocycles. The first-order valence-corrected chi connectivity index (χ1v) is 12.8. The summed E-state index contributed by atoms with van der Waals surface area (Å²) in [6.45, 7) is 5.52. The van der Waals surface area contributed by atoms with Gasteiger partial charge >= 0.3 is 6.18 Å². The van der Waals surface area contributed by atoms with Gasteiger partial charge < -0.3 is 16.0 Å². The van der Waals surface area contributed by atoms with Crippen LogP contribution < -0.4 is 11.1 Å². The molecule has 0 aliphatic carbocycles. The van der Waals surface area contributed by atoms with E-state index in [1.54, 1.807) is 30.1 Å². The fourth-order valence-electron chi connectivity index (χ4n) is 4.66. The van der Waals surface area contributed by atoms with Crippen LogP contribution in [0.25, 0.3) is 0 Å². The van der Waals surface area contributed by atoms with Crippen LogP contribution in [0.2, 0.25) is 10.0 Å². The SMILES string of the molecule is C=C/C=C(\C=C(/N)NC(C)=O)C(=O)N1C[C@H](c2ccc(Cl)c(Cl)c2)[C@@H](N(C)Cc2ccc(C(F)(F)F)c(F)c2)C1. The summed E-state index contributed by atoms with van der Waals surface area (Å²) in [5.74, 6) is -2.43. The van der Waals surface area contributed by atoms with Crippen LogP contribution in [0.15, 0.2) is 72.6 Å². The lowest BCUT2D eigenvalue weighted by Gasteiger charge is -2.29. The van der Waals surface area contributed by atoms with Gasteiger partial charge in [-0.25, -0.2) is 4.39 Å². The maximum Gasteiger partial charge on any atom is 0.419 e. The van der Waals surface area contributed by atoms with Crippen molar-refractivity contribution in [3.05, 3.63) is 105 Å². The Bertz CT molecular complexity index is 1360. The highest BCUT2D eigenvalue weighted by atomic mass is 35.5. The van der Waals surface area contributed by atoms with Crippen molar-refractivity contribution in [2.75, 3.05) is 20.1 Å². The molecule has 12 heteroatoms. The molecule has 0 radical (unpaired) electrons. The third kappa shape index (κ3) is 7.65.